The zero-order chi connectivity index (χ0) is 16.6. The lowest BCUT2D eigenvalue weighted by Gasteiger charge is -2.14. The van der Waals surface area contributed by atoms with Crippen LogP contribution in [0.25, 0.3) is 0 Å². The van der Waals surface area contributed by atoms with Gasteiger partial charge in [-0.15, -0.1) is 0 Å². The van der Waals surface area contributed by atoms with Gasteiger partial charge in [0.2, 0.25) is 0 Å². The number of nitrogens with two attached hydrogens (primary N) is 1. The number of hydrogen-bond donors (Lipinski definition) is 2. The van der Waals surface area contributed by atoms with E-state index in [-0.39, 0.29) is 6.10 Å². The van der Waals surface area contributed by atoms with E-state index in [4.69, 9.17) is 5.73 Å². The Kier molecular flexibility index (Phi) is 21.5. The molecule has 1 heterocycles. The highest BCUT2D eigenvalue weighted by atomic mass is 16.3. The minimum atomic E-state index is -0.170. The summed E-state index contributed by atoms with van der Waals surface area (Å²) in [6, 6.07) is 0. The van der Waals surface area contributed by atoms with Crippen molar-refractivity contribution >= 4 is 0 Å². The van der Waals surface area contributed by atoms with Crippen LogP contribution in [0.4, 0.5) is 0 Å². The number of aliphatic hydroxyl groups excluding tert-OH is 1. The Labute approximate surface area is 126 Å². The van der Waals surface area contributed by atoms with E-state index in [1.54, 1.807) is 6.08 Å². The first-order chi connectivity index (χ1) is 9.58. The van der Waals surface area contributed by atoms with Crippen molar-refractivity contribution in [3.05, 3.63) is 36.6 Å². The predicted molar refractivity (Wildman–Crippen MR) is 92.7 cm³/mol. The summed E-state index contributed by atoms with van der Waals surface area (Å²) >= 11 is 0. The van der Waals surface area contributed by atoms with Crippen molar-refractivity contribution in [3.63, 3.8) is 0 Å². The van der Waals surface area contributed by atoms with Crippen LogP contribution in [0.15, 0.2) is 36.6 Å². The summed E-state index contributed by atoms with van der Waals surface area (Å²) in [5.74, 6) is 0. The number of hydrogen-bond acceptors (Lipinski definition) is 3. The minimum Gasteiger partial charge on any atom is -0.399 e. The molecule has 20 heavy (non-hydrogen) atoms. The Balaban J connectivity index is -0.000000425. The largest absolute Gasteiger partial charge is 0.399 e. The molecule has 0 amide bonds. The Hall–Kier alpha value is -1.06. The quantitative estimate of drug-likeness (QED) is 0.774. The van der Waals surface area contributed by atoms with Crippen molar-refractivity contribution in [1.82, 2.24) is 4.90 Å². The predicted octanol–water partition coefficient (Wildman–Crippen LogP) is 3.72. The van der Waals surface area contributed by atoms with E-state index >= 15 is 0 Å². The summed E-state index contributed by atoms with van der Waals surface area (Å²) in [5.41, 5.74) is 6.92. The third-order valence-corrected chi connectivity index (χ3v) is 2.21. The third kappa shape index (κ3) is 15.0. The standard InChI is InChI=1S/C11H18N2O.3C2H6/c1-9(3-4-10(2)12)7-13-6-5-11(14)8-13;3*1-2/h3-4,11,14H,1-2,5-8,12H2;3*1-2H3/b4-3-;;;. The van der Waals surface area contributed by atoms with Crippen molar-refractivity contribution in [1.29, 1.82) is 0 Å². The lowest BCUT2D eigenvalue weighted by atomic mass is 10.2. The van der Waals surface area contributed by atoms with Crippen LogP contribution in [0.1, 0.15) is 48.0 Å². The molecule has 1 unspecified atom stereocenters. The van der Waals surface area contributed by atoms with Crippen LogP contribution in [-0.4, -0.2) is 35.7 Å². The number of allylic oxidation sites excluding steroid dienone is 1. The van der Waals surface area contributed by atoms with Crippen LogP contribution in [-0.2, 0) is 0 Å². The van der Waals surface area contributed by atoms with Crippen LogP contribution in [0.2, 0.25) is 0 Å². The second kappa shape index (κ2) is 17.9. The fraction of sp³-hybridized carbons (Fsp3) is 0.647. The van der Waals surface area contributed by atoms with Gasteiger partial charge in [0.15, 0.2) is 0 Å². The molecule has 0 spiro atoms. The molecule has 0 aromatic carbocycles. The SMILES string of the molecule is C=C(N)/C=C\C(=C)CN1CCC(O)C1.CC.CC.CC. The van der Waals surface area contributed by atoms with Crippen LogP contribution in [0, 0.1) is 0 Å². The molecule has 0 radical (unpaired) electrons. The van der Waals surface area contributed by atoms with E-state index < -0.39 is 0 Å². The Morgan fingerprint density at radius 3 is 2.00 bits per heavy atom. The molecule has 3 heteroatoms. The van der Waals surface area contributed by atoms with Crippen molar-refractivity contribution in [2.75, 3.05) is 19.6 Å². The maximum absolute atomic E-state index is 9.31. The number of rotatable bonds is 4. The average Bonchev–Trinajstić information content (AvgIpc) is 2.88. The molecule has 0 bridgehead atoms. The van der Waals surface area contributed by atoms with E-state index in [2.05, 4.69) is 18.1 Å². The van der Waals surface area contributed by atoms with E-state index in [9.17, 15) is 5.11 Å². The Morgan fingerprint density at radius 1 is 1.15 bits per heavy atom. The summed E-state index contributed by atoms with van der Waals surface area (Å²) in [7, 11) is 0. The highest BCUT2D eigenvalue weighted by Gasteiger charge is 2.19. The van der Waals surface area contributed by atoms with Gasteiger partial charge in [0.25, 0.3) is 0 Å². The van der Waals surface area contributed by atoms with Gasteiger partial charge >= 0.3 is 0 Å². The first-order valence-corrected chi connectivity index (χ1v) is 7.78. The highest BCUT2D eigenvalue weighted by molar-refractivity contribution is 5.23. The molecule has 0 aliphatic carbocycles. The fourth-order valence-corrected chi connectivity index (χ4v) is 1.52. The van der Waals surface area contributed by atoms with Crippen molar-refractivity contribution in [2.45, 2.75) is 54.1 Å². The van der Waals surface area contributed by atoms with Crippen molar-refractivity contribution in [2.24, 2.45) is 5.73 Å². The van der Waals surface area contributed by atoms with Crippen LogP contribution in [0.3, 0.4) is 0 Å². The van der Waals surface area contributed by atoms with Gasteiger partial charge in [0.05, 0.1) is 6.10 Å². The third-order valence-electron chi connectivity index (χ3n) is 2.21. The van der Waals surface area contributed by atoms with Gasteiger partial charge < -0.3 is 10.8 Å². The molecule has 1 aliphatic rings. The van der Waals surface area contributed by atoms with E-state index in [1.807, 2.05) is 47.6 Å². The Morgan fingerprint density at radius 2 is 1.65 bits per heavy atom. The number of likely N-dealkylation sites (tertiary alicyclic amines) is 1. The smallest absolute Gasteiger partial charge is 0.0679 e. The molecule has 3 nitrogen and oxygen atoms in total. The van der Waals surface area contributed by atoms with E-state index in [1.165, 1.54) is 0 Å². The topological polar surface area (TPSA) is 49.5 Å². The summed E-state index contributed by atoms with van der Waals surface area (Å²) in [4.78, 5) is 2.18. The average molecular weight is 284 g/mol. The molecule has 0 aromatic rings. The Bertz CT molecular complexity index is 260. The summed E-state index contributed by atoms with van der Waals surface area (Å²) in [6.45, 7) is 22.0. The molecule has 0 aromatic heterocycles. The molecular formula is C17H36N2O. The zero-order valence-corrected chi connectivity index (χ0v) is 14.4. The van der Waals surface area contributed by atoms with Crippen molar-refractivity contribution < 1.29 is 5.11 Å². The maximum atomic E-state index is 9.31. The van der Waals surface area contributed by atoms with Gasteiger partial charge in [-0.25, -0.2) is 0 Å². The first kappa shape index (κ1) is 24.0. The summed E-state index contributed by atoms with van der Waals surface area (Å²) in [6.07, 6.45) is 4.30. The number of β-amino-alcohol motifs (C(OH)–C–C–N with tert-alkyl or cyclic N) is 1. The van der Waals surface area contributed by atoms with Gasteiger partial charge in [-0.05, 0) is 18.1 Å². The lowest BCUT2D eigenvalue weighted by molar-refractivity contribution is 0.179. The molecule has 1 rings (SSSR count). The summed E-state index contributed by atoms with van der Waals surface area (Å²) < 4.78 is 0. The summed E-state index contributed by atoms with van der Waals surface area (Å²) in [5, 5.41) is 9.31. The van der Waals surface area contributed by atoms with Gasteiger partial charge in [-0.2, -0.15) is 0 Å². The number of aliphatic hydroxyl groups is 1. The first-order valence-electron chi connectivity index (χ1n) is 7.78. The molecule has 1 fully saturated rings. The highest BCUT2D eigenvalue weighted by Crippen LogP contribution is 2.10. The zero-order valence-electron chi connectivity index (χ0n) is 14.4. The fourth-order valence-electron chi connectivity index (χ4n) is 1.52. The molecule has 0 saturated carbocycles. The lowest BCUT2D eigenvalue weighted by Crippen LogP contribution is -2.23. The van der Waals surface area contributed by atoms with Crippen LogP contribution < -0.4 is 5.73 Å². The second-order valence-electron chi connectivity index (χ2n) is 3.74. The van der Waals surface area contributed by atoms with Gasteiger partial charge in [-0.1, -0.05) is 60.8 Å². The van der Waals surface area contributed by atoms with Crippen LogP contribution in [0.5, 0.6) is 0 Å². The molecule has 1 saturated heterocycles. The molecule has 1 aliphatic heterocycles. The normalized spacial score (nSPS) is 17.1. The van der Waals surface area contributed by atoms with Crippen molar-refractivity contribution in [3.8, 4) is 0 Å². The number of nitrogens with zero attached hydrogens (tertiary/aromatic N) is 1. The van der Waals surface area contributed by atoms with E-state index in [0.29, 0.717) is 5.70 Å². The second-order valence-corrected chi connectivity index (χ2v) is 3.74. The van der Waals surface area contributed by atoms with E-state index in [0.717, 1.165) is 31.6 Å². The maximum Gasteiger partial charge on any atom is 0.0679 e. The monoisotopic (exact) mass is 284 g/mol. The molecular weight excluding hydrogens is 248 g/mol. The van der Waals surface area contributed by atoms with Gasteiger partial charge in [0, 0.05) is 25.3 Å². The molecule has 3 N–H and O–H groups in total. The van der Waals surface area contributed by atoms with Gasteiger partial charge in [0.1, 0.15) is 0 Å². The van der Waals surface area contributed by atoms with Gasteiger partial charge in [-0.3, -0.25) is 4.90 Å². The molecule has 120 valence electrons. The minimum absolute atomic E-state index is 0.170. The van der Waals surface area contributed by atoms with Crippen LogP contribution >= 0.6 is 0 Å². The molecule has 1 atom stereocenters.